The zero-order valence-corrected chi connectivity index (χ0v) is 29.3. The van der Waals surface area contributed by atoms with Crippen molar-refractivity contribution in [3.8, 4) is 0 Å². The molecule has 0 fully saturated rings. The van der Waals surface area contributed by atoms with E-state index in [1.54, 1.807) is 0 Å². The average molecular weight is 578 g/mol. The summed E-state index contributed by atoms with van der Waals surface area (Å²) < 4.78 is 0. The fraction of sp³-hybridized carbons (Fsp3) is 1.00. The van der Waals surface area contributed by atoms with E-state index in [2.05, 4.69) is 13.8 Å². The van der Waals surface area contributed by atoms with Crippen molar-refractivity contribution in [1.82, 2.24) is 0 Å². The number of rotatable bonds is 37. The van der Waals surface area contributed by atoms with Crippen LogP contribution in [0.1, 0.15) is 245 Å². The van der Waals surface area contributed by atoms with E-state index >= 15 is 0 Å². The van der Waals surface area contributed by atoms with Crippen LogP contribution in [0.3, 0.4) is 0 Å². The Kier molecular flexibility index (Phi) is 37.9. The van der Waals surface area contributed by atoms with Gasteiger partial charge in [-0.1, -0.05) is 239 Å². The third-order valence-electron chi connectivity index (χ3n) is 9.73. The smallest absolute Gasteiger partial charge is 0.00773 e. The summed E-state index contributed by atoms with van der Waals surface area (Å²) >= 11 is 0. The van der Waals surface area contributed by atoms with Crippen molar-refractivity contribution in [2.45, 2.75) is 245 Å². The fourth-order valence-corrected chi connectivity index (χ4v) is 6.87. The number of hydrogen-bond acceptors (Lipinski definition) is 1. The highest BCUT2D eigenvalue weighted by molar-refractivity contribution is 4.61. The van der Waals surface area contributed by atoms with Crippen LogP contribution in [0.25, 0.3) is 0 Å². The lowest BCUT2D eigenvalue weighted by Crippen LogP contribution is -2.00. The van der Waals surface area contributed by atoms with Gasteiger partial charge < -0.3 is 5.73 Å². The maximum atomic E-state index is 5.56. The molecule has 0 rings (SSSR count). The topological polar surface area (TPSA) is 26.0 Å². The van der Waals surface area contributed by atoms with E-state index in [9.17, 15) is 0 Å². The summed E-state index contributed by atoms with van der Waals surface area (Å²) in [5, 5.41) is 0. The minimum atomic E-state index is 0.874. The van der Waals surface area contributed by atoms with E-state index < -0.39 is 0 Å². The second-order valence-corrected chi connectivity index (χ2v) is 14.0. The first-order valence-electron chi connectivity index (χ1n) is 20.0. The van der Waals surface area contributed by atoms with Gasteiger partial charge in [0.2, 0.25) is 0 Å². The first-order valence-corrected chi connectivity index (χ1v) is 20.0. The van der Waals surface area contributed by atoms with Crippen LogP contribution in [-0.4, -0.2) is 6.54 Å². The molecule has 248 valence electrons. The largest absolute Gasteiger partial charge is 0.330 e. The van der Waals surface area contributed by atoms with E-state index in [-0.39, 0.29) is 0 Å². The SMILES string of the molecule is CCCCCCCCCCCCCCCCCCC(CCC)CCCCCCCCCCCCCCCCCCN. The molecule has 41 heavy (non-hydrogen) atoms. The summed E-state index contributed by atoms with van der Waals surface area (Å²) in [6.07, 6.45) is 52.7. The minimum Gasteiger partial charge on any atom is -0.330 e. The molecule has 1 unspecified atom stereocenters. The zero-order chi connectivity index (χ0) is 29.7. The highest BCUT2D eigenvalue weighted by Crippen LogP contribution is 2.23. The van der Waals surface area contributed by atoms with Crippen molar-refractivity contribution in [1.29, 1.82) is 0 Å². The van der Waals surface area contributed by atoms with Crippen LogP contribution in [0, 0.1) is 5.92 Å². The van der Waals surface area contributed by atoms with Gasteiger partial charge >= 0.3 is 0 Å². The summed E-state index contributed by atoms with van der Waals surface area (Å²) in [5.74, 6) is 1.03. The third-order valence-corrected chi connectivity index (χ3v) is 9.73. The van der Waals surface area contributed by atoms with Crippen LogP contribution >= 0.6 is 0 Å². The minimum absolute atomic E-state index is 0.874. The molecule has 1 nitrogen and oxygen atoms in total. The Morgan fingerprint density at radius 2 is 0.512 bits per heavy atom. The molecular weight excluding hydrogens is 494 g/mol. The van der Waals surface area contributed by atoms with Gasteiger partial charge in [0.25, 0.3) is 0 Å². The average Bonchev–Trinajstić information content (AvgIpc) is 2.98. The fourth-order valence-electron chi connectivity index (χ4n) is 6.87. The third kappa shape index (κ3) is 36.1. The molecule has 0 aliphatic heterocycles. The number of hydrogen-bond donors (Lipinski definition) is 1. The van der Waals surface area contributed by atoms with Crippen LogP contribution in [0.15, 0.2) is 0 Å². The monoisotopic (exact) mass is 578 g/mol. The molecule has 0 saturated carbocycles. The lowest BCUT2D eigenvalue weighted by Gasteiger charge is -2.16. The predicted octanol–water partition coefficient (Wildman–Crippen LogP) is 14.6. The van der Waals surface area contributed by atoms with Gasteiger partial charge in [-0.3, -0.25) is 0 Å². The molecule has 0 heterocycles. The quantitative estimate of drug-likeness (QED) is 0.0730. The van der Waals surface area contributed by atoms with Crippen LogP contribution in [0.5, 0.6) is 0 Å². The highest BCUT2D eigenvalue weighted by atomic mass is 14.5. The molecule has 0 spiro atoms. The van der Waals surface area contributed by atoms with Crippen molar-refractivity contribution in [3.63, 3.8) is 0 Å². The number of nitrogens with two attached hydrogens (primary N) is 1. The normalized spacial score (nSPS) is 12.4. The van der Waals surface area contributed by atoms with Gasteiger partial charge in [0.15, 0.2) is 0 Å². The second-order valence-electron chi connectivity index (χ2n) is 14.0. The molecule has 0 amide bonds. The predicted molar refractivity (Wildman–Crippen MR) is 190 cm³/mol. The highest BCUT2D eigenvalue weighted by Gasteiger charge is 2.07. The molecular formula is C40H83N. The van der Waals surface area contributed by atoms with Crippen molar-refractivity contribution in [2.24, 2.45) is 11.7 Å². The molecule has 2 N–H and O–H groups in total. The molecule has 1 atom stereocenters. The molecule has 0 aromatic heterocycles. The summed E-state index contributed by atoms with van der Waals surface area (Å²) in [5.41, 5.74) is 5.56. The Morgan fingerprint density at radius 1 is 0.268 bits per heavy atom. The van der Waals surface area contributed by atoms with Crippen LogP contribution in [0.4, 0.5) is 0 Å². The second kappa shape index (κ2) is 38.0. The van der Waals surface area contributed by atoms with E-state index in [0.717, 1.165) is 12.5 Å². The first kappa shape index (κ1) is 41.0. The van der Waals surface area contributed by atoms with Gasteiger partial charge in [-0.15, -0.1) is 0 Å². The Bertz CT molecular complexity index is 433. The van der Waals surface area contributed by atoms with Gasteiger partial charge in [0.05, 0.1) is 0 Å². The Balaban J connectivity index is 3.35. The lowest BCUT2D eigenvalue weighted by atomic mass is 9.90. The van der Waals surface area contributed by atoms with Crippen molar-refractivity contribution >= 4 is 0 Å². The van der Waals surface area contributed by atoms with E-state index in [4.69, 9.17) is 5.73 Å². The molecule has 0 bridgehead atoms. The Morgan fingerprint density at radius 3 is 0.756 bits per heavy atom. The van der Waals surface area contributed by atoms with Crippen molar-refractivity contribution in [2.75, 3.05) is 6.54 Å². The summed E-state index contributed by atoms with van der Waals surface area (Å²) in [7, 11) is 0. The molecule has 0 saturated heterocycles. The molecule has 0 aromatic carbocycles. The van der Waals surface area contributed by atoms with Gasteiger partial charge in [0.1, 0.15) is 0 Å². The summed E-state index contributed by atoms with van der Waals surface area (Å²) in [4.78, 5) is 0. The molecule has 1 heteroatoms. The van der Waals surface area contributed by atoms with Crippen LogP contribution in [0.2, 0.25) is 0 Å². The van der Waals surface area contributed by atoms with Crippen LogP contribution < -0.4 is 5.73 Å². The van der Waals surface area contributed by atoms with Gasteiger partial charge in [-0.25, -0.2) is 0 Å². The molecule has 0 aliphatic carbocycles. The van der Waals surface area contributed by atoms with E-state index in [1.807, 2.05) is 0 Å². The molecule has 0 radical (unpaired) electrons. The molecule has 0 aromatic rings. The van der Waals surface area contributed by atoms with Gasteiger partial charge in [-0.05, 0) is 18.9 Å². The van der Waals surface area contributed by atoms with E-state index in [1.165, 1.54) is 231 Å². The van der Waals surface area contributed by atoms with Crippen molar-refractivity contribution in [3.05, 3.63) is 0 Å². The Labute approximate surface area is 262 Å². The maximum Gasteiger partial charge on any atom is -0.00773 e. The summed E-state index contributed by atoms with van der Waals surface area (Å²) in [6.45, 7) is 5.58. The van der Waals surface area contributed by atoms with Gasteiger partial charge in [0, 0.05) is 0 Å². The maximum absolute atomic E-state index is 5.56. The van der Waals surface area contributed by atoms with Crippen molar-refractivity contribution < 1.29 is 0 Å². The van der Waals surface area contributed by atoms with Gasteiger partial charge in [-0.2, -0.15) is 0 Å². The molecule has 0 aliphatic rings. The van der Waals surface area contributed by atoms with E-state index in [0.29, 0.717) is 0 Å². The number of unbranched alkanes of at least 4 members (excludes halogenated alkanes) is 30. The lowest BCUT2D eigenvalue weighted by molar-refractivity contribution is 0.376. The van der Waals surface area contributed by atoms with Crippen LogP contribution in [-0.2, 0) is 0 Å². The zero-order valence-electron chi connectivity index (χ0n) is 29.3. The Hall–Kier alpha value is -0.0400. The standard InChI is InChI=1S/C40H83N/c1-3-5-6-7-8-9-10-11-12-15-18-21-24-27-30-33-37-40(36-4-2)38-34-31-28-25-22-19-16-13-14-17-20-23-26-29-32-35-39-41/h40H,3-39,41H2,1-2H3. The summed E-state index contributed by atoms with van der Waals surface area (Å²) in [6, 6.07) is 0. The first-order chi connectivity index (χ1) is 20.3.